The standard InChI is InChI=1S/C26H24N4O3/c31-25(19-30(23-10-2-1-3-11-23)18-21-8-5-13-27-16-21)28-17-20-7-4-9-22(15-20)29-26(32)24-12-6-14-33-24/h1-16H,17-19H2,(H,28,31)(H,29,32). The van der Waals surface area contributed by atoms with Gasteiger partial charge in [-0.2, -0.15) is 0 Å². The summed E-state index contributed by atoms with van der Waals surface area (Å²) in [4.78, 5) is 31.1. The molecule has 0 saturated heterocycles. The number of nitrogens with zero attached hydrogens (tertiary/aromatic N) is 2. The Labute approximate surface area is 192 Å². The number of pyridine rings is 1. The third-order valence-corrected chi connectivity index (χ3v) is 4.97. The number of benzene rings is 2. The SMILES string of the molecule is O=C(CN(Cc1cccnc1)c1ccccc1)NCc1cccc(NC(=O)c2ccco2)c1. The average Bonchev–Trinajstić information content (AvgIpc) is 3.39. The van der Waals surface area contributed by atoms with E-state index in [4.69, 9.17) is 4.42 Å². The van der Waals surface area contributed by atoms with Gasteiger partial charge in [0.1, 0.15) is 0 Å². The fourth-order valence-electron chi connectivity index (χ4n) is 3.38. The molecule has 0 fully saturated rings. The summed E-state index contributed by atoms with van der Waals surface area (Å²) in [6.07, 6.45) is 4.98. The highest BCUT2D eigenvalue weighted by atomic mass is 16.3. The summed E-state index contributed by atoms with van der Waals surface area (Å²) in [5.41, 5.74) is 3.48. The second-order valence-electron chi connectivity index (χ2n) is 7.46. The number of rotatable bonds is 9. The molecule has 0 spiro atoms. The maximum absolute atomic E-state index is 12.8. The van der Waals surface area contributed by atoms with Crippen molar-refractivity contribution in [1.29, 1.82) is 0 Å². The first-order valence-corrected chi connectivity index (χ1v) is 10.6. The molecule has 0 atom stereocenters. The Balaban J connectivity index is 1.36. The Morgan fingerprint density at radius 3 is 2.52 bits per heavy atom. The van der Waals surface area contributed by atoms with Crippen molar-refractivity contribution in [3.8, 4) is 0 Å². The monoisotopic (exact) mass is 440 g/mol. The minimum Gasteiger partial charge on any atom is -0.459 e. The van der Waals surface area contributed by atoms with Crippen LogP contribution in [0.2, 0.25) is 0 Å². The van der Waals surface area contributed by atoms with Gasteiger partial charge in [-0.1, -0.05) is 36.4 Å². The number of carbonyl (C=O) groups excluding carboxylic acids is 2. The van der Waals surface area contributed by atoms with Crippen molar-refractivity contribution in [2.75, 3.05) is 16.8 Å². The van der Waals surface area contributed by atoms with Crippen LogP contribution in [0.4, 0.5) is 11.4 Å². The molecule has 2 aromatic heterocycles. The molecule has 33 heavy (non-hydrogen) atoms. The van der Waals surface area contributed by atoms with Crippen molar-refractivity contribution in [2.45, 2.75) is 13.1 Å². The maximum Gasteiger partial charge on any atom is 0.291 e. The van der Waals surface area contributed by atoms with Crippen molar-refractivity contribution < 1.29 is 14.0 Å². The largest absolute Gasteiger partial charge is 0.459 e. The second-order valence-corrected chi connectivity index (χ2v) is 7.46. The summed E-state index contributed by atoms with van der Waals surface area (Å²) < 4.78 is 5.12. The summed E-state index contributed by atoms with van der Waals surface area (Å²) in [5, 5.41) is 5.76. The molecule has 0 aliphatic carbocycles. The minimum atomic E-state index is -0.324. The summed E-state index contributed by atoms with van der Waals surface area (Å²) in [6, 6.07) is 24.3. The van der Waals surface area contributed by atoms with Gasteiger partial charge in [-0.15, -0.1) is 0 Å². The third-order valence-electron chi connectivity index (χ3n) is 4.97. The lowest BCUT2D eigenvalue weighted by Crippen LogP contribution is -2.36. The molecule has 7 nitrogen and oxygen atoms in total. The number of amides is 2. The van der Waals surface area contributed by atoms with E-state index in [1.807, 2.05) is 65.6 Å². The Hall–Kier alpha value is -4.39. The van der Waals surface area contributed by atoms with Crippen LogP contribution in [0.5, 0.6) is 0 Å². The molecule has 0 unspecified atom stereocenters. The summed E-state index contributed by atoms with van der Waals surface area (Å²) in [5.74, 6) is -0.189. The van der Waals surface area contributed by atoms with Gasteiger partial charge >= 0.3 is 0 Å². The fourth-order valence-corrected chi connectivity index (χ4v) is 3.38. The molecular formula is C26H24N4O3. The summed E-state index contributed by atoms with van der Waals surface area (Å²) in [7, 11) is 0. The topological polar surface area (TPSA) is 87.5 Å². The first kappa shape index (κ1) is 21.8. The zero-order valence-electron chi connectivity index (χ0n) is 18.0. The molecule has 166 valence electrons. The van der Waals surface area contributed by atoms with Gasteiger partial charge in [0.25, 0.3) is 5.91 Å². The molecule has 2 N–H and O–H groups in total. The van der Waals surface area contributed by atoms with Crippen molar-refractivity contribution in [1.82, 2.24) is 10.3 Å². The molecule has 4 rings (SSSR count). The summed E-state index contributed by atoms with van der Waals surface area (Å²) in [6.45, 7) is 1.12. The lowest BCUT2D eigenvalue weighted by molar-refractivity contribution is -0.119. The minimum absolute atomic E-state index is 0.104. The van der Waals surface area contributed by atoms with Gasteiger partial charge in [-0.05, 0) is 53.6 Å². The highest BCUT2D eigenvalue weighted by molar-refractivity contribution is 6.02. The van der Waals surface area contributed by atoms with Crippen LogP contribution in [0, 0.1) is 0 Å². The molecule has 2 amide bonds. The number of para-hydroxylation sites is 1. The van der Waals surface area contributed by atoms with E-state index in [0.717, 1.165) is 16.8 Å². The average molecular weight is 441 g/mol. The first-order chi connectivity index (χ1) is 16.2. The number of hydrogen-bond acceptors (Lipinski definition) is 5. The van der Waals surface area contributed by atoms with E-state index >= 15 is 0 Å². The molecule has 0 aliphatic heterocycles. The van der Waals surface area contributed by atoms with Crippen molar-refractivity contribution in [2.24, 2.45) is 0 Å². The lowest BCUT2D eigenvalue weighted by atomic mass is 10.2. The summed E-state index contributed by atoms with van der Waals surface area (Å²) >= 11 is 0. The Morgan fingerprint density at radius 1 is 0.909 bits per heavy atom. The predicted octanol–water partition coefficient (Wildman–Crippen LogP) is 4.25. The van der Waals surface area contributed by atoms with Gasteiger partial charge in [-0.25, -0.2) is 0 Å². The van der Waals surface area contributed by atoms with Gasteiger partial charge < -0.3 is 20.0 Å². The van der Waals surface area contributed by atoms with E-state index in [-0.39, 0.29) is 24.1 Å². The Bertz CT molecular complexity index is 1180. The van der Waals surface area contributed by atoms with Gasteiger partial charge in [-0.3, -0.25) is 14.6 Å². The molecule has 0 aliphatic rings. The normalized spacial score (nSPS) is 10.4. The molecule has 2 aromatic carbocycles. The van der Waals surface area contributed by atoms with Crippen LogP contribution in [0.25, 0.3) is 0 Å². The van der Waals surface area contributed by atoms with Crippen molar-refractivity contribution in [3.63, 3.8) is 0 Å². The molecule has 0 bridgehead atoms. The van der Waals surface area contributed by atoms with E-state index in [1.165, 1.54) is 6.26 Å². The highest BCUT2D eigenvalue weighted by Gasteiger charge is 2.13. The van der Waals surface area contributed by atoms with E-state index in [2.05, 4.69) is 15.6 Å². The van der Waals surface area contributed by atoms with Crippen LogP contribution in [-0.4, -0.2) is 23.3 Å². The van der Waals surface area contributed by atoms with Crippen LogP contribution in [0.1, 0.15) is 21.7 Å². The quantitative estimate of drug-likeness (QED) is 0.406. The van der Waals surface area contributed by atoms with Crippen LogP contribution < -0.4 is 15.5 Å². The van der Waals surface area contributed by atoms with E-state index in [1.54, 1.807) is 30.6 Å². The van der Waals surface area contributed by atoms with Crippen molar-refractivity contribution in [3.05, 3.63) is 114 Å². The zero-order chi connectivity index (χ0) is 22.9. The van der Waals surface area contributed by atoms with E-state index < -0.39 is 0 Å². The number of anilines is 2. The van der Waals surface area contributed by atoms with Gasteiger partial charge in [0.2, 0.25) is 5.91 Å². The van der Waals surface area contributed by atoms with Crippen molar-refractivity contribution >= 4 is 23.2 Å². The van der Waals surface area contributed by atoms with Gasteiger partial charge in [0.05, 0.1) is 12.8 Å². The second kappa shape index (κ2) is 10.8. The predicted molar refractivity (Wildman–Crippen MR) is 127 cm³/mol. The number of furan rings is 1. The number of aromatic nitrogens is 1. The highest BCUT2D eigenvalue weighted by Crippen LogP contribution is 2.17. The maximum atomic E-state index is 12.8. The first-order valence-electron chi connectivity index (χ1n) is 10.6. The smallest absolute Gasteiger partial charge is 0.291 e. The Morgan fingerprint density at radius 2 is 1.76 bits per heavy atom. The van der Waals surface area contributed by atoms with Gasteiger partial charge in [0.15, 0.2) is 5.76 Å². The molecule has 2 heterocycles. The lowest BCUT2D eigenvalue weighted by Gasteiger charge is -2.24. The van der Waals surface area contributed by atoms with E-state index in [9.17, 15) is 9.59 Å². The van der Waals surface area contributed by atoms with E-state index in [0.29, 0.717) is 18.8 Å². The van der Waals surface area contributed by atoms with Crippen LogP contribution in [0.15, 0.2) is 102 Å². The number of hydrogen-bond donors (Lipinski definition) is 2. The molecule has 7 heteroatoms. The molecule has 0 radical (unpaired) electrons. The fraction of sp³-hybridized carbons (Fsp3) is 0.115. The number of nitrogens with one attached hydrogen (secondary N) is 2. The van der Waals surface area contributed by atoms with Gasteiger partial charge in [0, 0.05) is 36.9 Å². The van der Waals surface area contributed by atoms with Crippen LogP contribution in [0.3, 0.4) is 0 Å². The molecule has 0 saturated carbocycles. The number of carbonyl (C=O) groups is 2. The zero-order valence-corrected chi connectivity index (χ0v) is 18.0. The third kappa shape index (κ3) is 6.30. The van der Waals surface area contributed by atoms with Crippen LogP contribution in [-0.2, 0) is 17.9 Å². The Kier molecular flexibility index (Phi) is 7.12. The molecule has 4 aromatic rings. The molecular weight excluding hydrogens is 416 g/mol. The van der Waals surface area contributed by atoms with Crippen LogP contribution >= 0.6 is 0 Å².